The van der Waals surface area contributed by atoms with Gasteiger partial charge < -0.3 is 5.41 Å². The highest BCUT2D eigenvalue weighted by Gasteiger charge is 2.44. The molecule has 0 aromatic rings. The van der Waals surface area contributed by atoms with E-state index in [9.17, 15) is 9.59 Å². The van der Waals surface area contributed by atoms with Crippen molar-refractivity contribution in [3.05, 3.63) is 11.6 Å². The van der Waals surface area contributed by atoms with Crippen molar-refractivity contribution in [1.82, 2.24) is 0 Å². The van der Waals surface area contributed by atoms with E-state index in [1.807, 2.05) is 41.5 Å². The van der Waals surface area contributed by atoms with Crippen LogP contribution in [0.15, 0.2) is 11.6 Å². The second-order valence-electron chi connectivity index (χ2n) is 6.75. The molecule has 0 bridgehead atoms. The fourth-order valence-electron chi connectivity index (χ4n) is 2.12. The first-order valence-electron chi connectivity index (χ1n) is 5.85. The lowest BCUT2D eigenvalue weighted by Crippen LogP contribution is -2.44. The molecule has 1 N–H and O–H groups in total. The van der Waals surface area contributed by atoms with E-state index in [2.05, 4.69) is 0 Å². The highest BCUT2D eigenvalue weighted by Crippen LogP contribution is 2.38. The number of ketones is 2. The number of hydrogen-bond acceptors (Lipinski definition) is 3. The van der Waals surface area contributed by atoms with Crippen molar-refractivity contribution < 1.29 is 9.59 Å². The topological polar surface area (TPSA) is 58.0 Å². The van der Waals surface area contributed by atoms with Gasteiger partial charge in [-0.15, -0.1) is 0 Å². The van der Waals surface area contributed by atoms with E-state index in [4.69, 9.17) is 5.41 Å². The molecule has 0 saturated carbocycles. The molecule has 1 aliphatic carbocycles. The predicted octanol–water partition coefficient (Wildman–Crippen LogP) is 2.79. The van der Waals surface area contributed by atoms with Crippen LogP contribution < -0.4 is 0 Å². The average Bonchev–Trinajstić information content (AvgIpc) is 2.07. The van der Waals surface area contributed by atoms with Crippen LogP contribution in [0.4, 0.5) is 0 Å². The molecule has 1 unspecified atom stereocenters. The molecule has 1 rings (SSSR count). The van der Waals surface area contributed by atoms with Gasteiger partial charge >= 0.3 is 0 Å². The minimum Gasteiger partial charge on any atom is -0.300 e. The summed E-state index contributed by atoms with van der Waals surface area (Å²) in [6.45, 7) is 11.4. The molecule has 1 atom stereocenters. The summed E-state index contributed by atoms with van der Waals surface area (Å²) < 4.78 is 0. The molecule has 0 radical (unpaired) electrons. The largest absolute Gasteiger partial charge is 0.300 e. The second kappa shape index (κ2) is 3.90. The third-order valence-electron chi connectivity index (χ3n) is 3.03. The maximum atomic E-state index is 12.4. The Hall–Kier alpha value is -1.25. The number of carbonyl (C=O) groups excluding carboxylic acids is 2. The summed E-state index contributed by atoms with van der Waals surface area (Å²) >= 11 is 0. The van der Waals surface area contributed by atoms with Crippen molar-refractivity contribution in [2.24, 2.45) is 16.7 Å². The monoisotopic (exact) mass is 235 g/mol. The smallest absolute Gasteiger partial charge is 0.200 e. The molecule has 0 spiro atoms. The molecule has 0 amide bonds. The van der Waals surface area contributed by atoms with Gasteiger partial charge in [0.1, 0.15) is 0 Å². The summed E-state index contributed by atoms with van der Waals surface area (Å²) in [5.41, 5.74) is -0.278. The van der Waals surface area contributed by atoms with E-state index in [1.54, 1.807) is 0 Å². The standard InChI is InChI=1S/C14H21NO2/c1-13(2,3)8-7-9(16)11(15)10(12(8)17)14(4,5)6/h7,10,15H,1-6H3. The number of Topliss-reactive ketones (excluding diaryl/α,β-unsaturated/α-hetero) is 1. The van der Waals surface area contributed by atoms with Crippen LogP contribution in [-0.4, -0.2) is 17.3 Å². The lowest BCUT2D eigenvalue weighted by atomic mass is 9.66. The van der Waals surface area contributed by atoms with Crippen LogP contribution in [0, 0.1) is 22.2 Å². The van der Waals surface area contributed by atoms with Gasteiger partial charge in [-0.2, -0.15) is 0 Å². The first kappa shape index (κ1) is 13.8. The van der Waals surface area contributed by atoms with Gasteiger partial charge in [0.05, 0.1) is 11.6 Å². The van der Waals surface area contributed by atoms with E-state index < -0.39 is 11.3 Å². The SMILES string of the molecule is CC(C)(C)C1=CC(=O)C(=N)C(C(C)(C)C)C1=O. The van der Waals surface area contributed by atoms with Crippen molar-refractivity contribution in [1.29, 1.82) is 5.41 Å². The fraction of sp³-hybridized carbons (Fsp3) is 0.643. The number of nitrogens with one attached hydrogen (secondary N) is 1. The summed E-state index contributed by atoms with van der Waals surface area (Å²) in [7, 11) is 0. The van der Waals surface area contributed by atoms with E-state index in [0.29, 0.717) is 5.57 Å². The number of carbonyl (C=O) groups is 2. The van der Waals surface area contributed by atoms with Crippen LogP contribution in [0.5, 0.6) is 0 Å². The van der Waals surface area contributed by atoms with Crippen LogP contribution >= 0.6 is 0 Å². The Morgan fingerprint density at radius 2 is 1.53 bits per heavy atom. The maximum Gasteiger partial charge on any atom is 0.200 e. The predicted molar refractivity (Wildman–Crippen MR) is 68.2 cm³/mol. The first-order valence-corrected chi connectivity index (χ1v) is 5.85. The minimum absolute atomic E-state index is 0.0736. The summed E-state index contributed by atoms with van der Waals surface area (Å²) in [4.78, 5) is 24.2. The van der Waals surface area contributed by atoms with Crippen molar-refractivity contribution in [2.75, 3.05) is 0 Å². The summed E-state index contributed by atoms with van der Waals surface area (Å²) in [6.07, 6.45) is 1.34. The van der Waals surface area contributed by atoms with Crippen LogP contribution in [-0.2, 0) is 9.59 Å². The number of rotatable bonds is 0. The van der Waals surface area contributed by atoms with Crippen molar-refractivity contribution in [3.8, 4) is 0 Å². The molecule has 3 nitrogen and oxygen atoms in total. The van der Waals surface area contributed by atoms with Gasteiger partial charge in [-0.05, 0) is 16.9 Å². The number of hydrogen-bond donors (Lipinski definition) is 1. The Morgan fingerprint density at radius 3 is 1.88 bits per heavy atom. The molecule has 1 aliphatic rings. The number of allylic oxidation sites excluding steroid dienone is 2. The quantitative estimate of drug-likeness (QED) is 0.702. The molecular formula is C14H21NO2. The normalized spacial score (nSPS) is 22.8. The molecule has 0 saturated heterocycles. The Labute approximate surface area is 103 Å². The van der Waals surface area contributed by atoms with Gasteiger partial charge in [0, 0.05) is 5.57 Å². The molecule has 0 fully saturated rings. The molecule has 3 heteroatoms. The Morgan fingerprint density at radius 1 is 1.06 bits per heavy atom. The van der Waals surface area contributed by atoms with Crippen molar-refractivity contribution >= 4 is 17.3 Å². The van der Waals surface area contributed by atoms with E-state index >= 15 is 0 Å². The van der Waals surface area contributed by atoms with Crippen LogP contribution in [0.1, 0.15) is 41.5 Å². The minimum atomic E-state index is -0.616. The van der Waals surface area contributed by atoms with Crippen LogP contribution in [0.25, 0.3) is 0 Å². The molecular weight excluding hydrogens is 214 g/mol. The highest BCUT2D eigenvalue weighted by molar-refractivity contribution is 6.50. The molecule has 94 valence electrons. The fourth-order valence-corrected chi connectivity index (χ4v) is 2.12. The molecule has 17 heavy (non-hydrogen) atoms. The van der Waals surface area contributed by atoms with Gasteiger partial charge in [-0.25, -0.2) is 0 Å². The lowest BCUT2D eigenvalue weighted by Gasteiger charge is -2.35. The Kier molecular flexibility index (Phi) is 3.17. The zero-order valence-electron chi connectivity index (χ0n) is 11.5. The van der Waals surface area contributed by atoms with Gasteiger partial charge in [0.25, 0.3) is 0 Å². The van der Waals surface area contributed by atoms with E-state index in [0.717, 1.165) is 0 Å². The molecule has 0 aliphatic heterocycles. The summed E-state index contributed by atoms with van der Waals surface area (Å²) in [6, 6.07) is 0. The highest BCUT2D eigenvalue weighted by atomic mass is 16.1. The van der Waals surface area contributed by atoms with Gasteiger partial charge in [-0.3, -0.25) is 9.59 Å². The van der Waals surface area contributed by atoms with Crippen LogP contribution in [0.2, 0.25) is 0 Å². The first-order chi connectivity index (χ1) is 7.46. The Balaban J connectivity index is 3.34. The zero-order chi connectivity index (χ0) is 13.6. The van der Waals surface area contributed by atoms with Gasteiger partial charge in [0.15, 0.2) is 11.6 Å². The van der Waals surface area contributed by atoms with Gasteiger partial charge in [-0.1, -0.05) is 41.5 Å². The average molecular weight is 235 g/mol. The Bertz CT molecular complexity index is 416. The van der Waals surface area contributed by atoms with E-state index in [-0.39, 0.29) is 22.7 Å². The van der Waals surface area contributed by atoms with Gasteiger partial charge in [0.2, 0.25) is 0 Å². The maximum absolute atomic E-state index is 12.4. The summed E-state index contributed by atoms with van der Waals surface area (Å²) in [5, 5.41) is 7.82. The second-order valence-corrected chi connectivity index (χ2v) is 6.75. The zero-order valence-corrected chi connectivity index (χ0v) is 11.5. The van der Waals surface area contributed by atoms with E-state index in [1.165, 1.54) is 6.08 Å². The lowest BCUT2D eigenvalue weighted by molar-refractivity contribution is -0.123. The third-order valence-corrected chi connectivity index (χ3v) is 3.03. The molecule has 0 aromatic heterocycles. The van der Waals surface area contributed by atoms with Crippen LogP contribution in [0.3, 0.4) is 0 Å². The summed E-state index contributed by atoms with van der Waals surface area (Å²) in [5.74, 6) is -1.02. The molecule has 0 aromatic carbocycles. The van der Waals surface area contributed by atoms with Crippen molar-refractivity contribution in [3.63, 3.8) is 0 Å². The van der Waals surface area contributed by atoms with Crippen molar-refractivity contribution in [2.45, 2.75) is 41.5 Å². The molecule has 0 heterocycles. The third kappa shape index (κ3) is 2.54.